The van der Waals surface area contributed by atoms with Crippen molar-refractivity contribution in [1.82, 2.24) is 4.90 Å². The molecule has 6 nitrogen and oxygen atoms in total. The molecule has 2 heterocycles. The Bertz CT molecular complexity index is 900. The Labute approximate surface area is 127 Å². The lowest BCUT2D eigenvalue weighted by atomic mass is 10.1. The van der Waals surface area contributed by atoms with E-state index in [1.165, 1.54) is 11.0 Å². The van der Waals surface area contributed by atoms with Crippen molar-refractivity contribution in [2.24, 2.45) is 0 Å². The molecule has 22 heavy (non-hydrogen) atoms. The molecule has 1 atom stereocenters. The highest BCUT2D eigenvalue weighted by Crippen LogP contribution is 2.19. The molecular weight excluding hydrogens is 306 g/mol. The van der Waals surface area contributed by atoms with Crippen LogP contribution in [0.5, 0.6) is 0 Å². The van der Waals surface area contributed by atoms with Crippen LogP contribution < -0.4 is 5.63 Å². The lowest BCUT2D eigenvalue weighted by Gasteiger charge is -2.15. The quantitative estimate of drug-likeness (QED) is 0.772. The summed E-state index contributed by atoms with van der Waals surface area (Å²) < 4.78 is 28.3. The first-order valence-electron chi connectivity index (χ1n) is 6.87. The number of sulfone groups is 1. The maximum atomic E-state index is 12.5. The molecule has 1 aliphatic heterocycles. The number of hydrogen-bond acceptors (Lipinski definition) is 5. The monoisotopic (exact) mass is 321 g/mol. The summed E-state index contributed by atoms with van der Waals surface area (Å²) >= 11 is 0. The molecule has 1 aromatic carbocycles. The highest BCUT2D eigenvalue weighted by Gasteiger charge is 2.34. The third kappa shape index (κ3) is 2.64. The van der Waals surface area contributed by atoms with Gasteiger partial charge in [-0.1, -0.05) is 18.2 Å². The molecule has 1 saturated heterocycles. The van der Waals surface area contributed by atoms with Crippen LogP contribution in [0.2, 0.25) is 0 Å². The summed E-state index contributed by atoms with van der Waals surface area (Å²) in [6.07, 6.45) is 1.56. The summed E-state index contributed by atoms with van der Waals surface area (Å²) in [4.78, 5) is 25.8. The van der Waals surface area contributed by atoms with Crippen molar-refractivity contribution < 1.29 is 17.6 Å². The molecule has 1 fully saturated rings. The summed E-state index contributed by atoms with van der Waals surface area (Å²) in [5.41, 5.74) is -0.348. The average Bonchev–Trinajstić information content (AvgIpc) is 2.95. The van der Waals surface area contributed by atoms with Crippen molar-refractivity contribution in [3.63, 3.8) is 0 Å². The summed E-state index contributed by atoms with van der Waals surface area (Å²) in [7, 11) is -3.19. The Morgan fingerprint density at radius 3 is 2.73 bits per heavy atom. The molecule has 0 aliphatic carbocycles. The zero-order valence-electron chi connectivity index (χ0n) is 12.0. The molecular formula is C15H15NO5S. The van der Waals surface area contributed by atoms with E-state index in [2.05, 4.69) is 0 Å². The van der Waals surface area contributed by atoms with Gasteiger partial charge in [0.1, 0.15) is 11.1 Å². The summed E-state index contributed by atoms with van der Waals surface area (Å²) in [6, 6.07) is 8.42. The topological polar surface area (TPSA) is 84.7 Å². The van der Waals surface area contributed by atoms with Gasteiger partial charge in [0.15, 0.2) is 9.84 Å². The van der Waals surface area contributed by atoms with Crippen LogP contribution in [0.3, 0.4) is 0 Å². The third-order valence-electron chi connectivity index (χ3n) is 3.91. The van der Waals surface area contributed by atoms with E-state index in [0.717, 1.165) is 6.26 Å². The first-order chi connectivity index (χ1) is 10.4. The molecule has 0 N–H and O–H groups in total. The minimum atomic E-state index is -3.19. The molecule has 3 rings (SSSR count). The number of amides is 1. The zero-order valence-corrected chi connectivity index (χ0v) is 12.8. The van der Waals surface area contributed by atoms with Gasteiger partial charge in [-0.15, -0.1) is 0 Å². The second-order valence-corrected chi connectivity index (χ2v) is 7.80. The maximum absolute atomic E-state index is 12.5. The molecule has 1 amide bonds. The normalized spacial score (nSPS) is 18.8. The van der Waals surface area contributed by atoms with Crippen LogP contribution >= 0.6 is 0 Å². The number of rotatable bonds is 2. The van der Waals surface area contributed by atoms with Crippen molar-refractivity contribution in [3.05, 3.63) is 46.3 Å². The lowest BCUT2D eigenvalue weighted by molar-refractivity contribution is 0.0789. The number of benzene rings is 1. The third-order valence-corrected chi connectivity index (χ3v) is 5.51. The van der Waals surface area contributed by atoms with Crippen LogP contribution in [0.4, 0.5) is 0 Å². The van der Waals surface area contributed by atoms with E-state index >= 15 is 0 Å². The van der Waals surface area contributed by atoms with Gasteiger partial charge in [-0.3, -0.25) is 4.79 Å². The van der Waals surface area contributed by atoms with Crippen LogP contribution in [0.1, 0.15) is 16.8 Å². The average molecular weight is 321 g/mol. The van der Waals surface area contributed by atoms with E-state index in [0.29, 0.717) is 23.9 Å². The van der Waals surface area contributed by atoms with Crippen LogP contribution in [-0.4, -0.2) is 43.8 Å². The van der Waals surface area contributed by atoms with Crippen LogP contribution in [0.15, 0.2) is 39.5 Å². The highest BCUT2D eigenvalue weighted by molar-refractivity contribution is 7.91. The molecule has 1 unspecified atom stereocenters. The van der Waals surface area contributed by atoms with E-state index in [1.54, 1.807) is 24.3 Å². The zero-order chi connectivity index (χ0) is 15.9. The molecule has 7 heteroatoms. The highest BCUT2D eigenvalue weighted by atomic mass is 32.2. The number of carbonyl (C=O) groups excluding carboxylic acids is 1. The van der Waals surface area contributed by atoms with Gasteiger partial charge in [0.25, 0.3) is 5.91 Å². The Morgan fingerprint density at radius 2 is 2.05 bits per heavy atom. The second kappa shape index (κ2) is 5.24. The fraction of sp³-hybridized carbons (Fsp3) is 0.333. The van der Waals surface area contributed by atoms with Gasteiger partial charge in [0.2, 0.25) is 0 Å². The molecule has 0 saturated carbocycles. The number of likely N-dealkylation sites (tertiary alicyclic amines) is 1. The van der Waals surface area contributed by atoms with Crippen LogP contribution in [0.25, 0.3) is 11.0 Å². The van der Waals surface area contributed by atoms with Crippen molar-refractivity contribution in [2.45, 2.75) is 11.7 Å². The van der Waals surface area contributed by atoms with Gasteiger partial charge in [-0.2, -0.15) is 0 Å². The largest absolute Gasteiger partial charge is 0.422 e. The molecule has 1 aromatic heterocycles. The van der Waals surface area contributed by atoms with Gasteiger partial charge in [0.05, 0.1) is 5.25 Å². The number of para-hydroxylation sites is 1. The van der Waals surface area contributed by atoms with E-state index in [-0.39, 0.29) is 12.1 Å². The Kier molecular flexibility index (Phi) is 3.52. The standard InChI is InChI=1S/C15H15NO5S/c1-22(19,20)11-6-7-16(9-11)14(17)12-8-10-4-2-3-5-13(10)21-15(12)18/h2-5,8,11H,6-7,9H2,1H3. The van der Waals surface area contributed by atoms with E-state index in [1.807, 2.05) is 0 Å². The predicted octanol–water partition coefficient (Wildman–Crippen LogP) is 1.05. The molecule has 2 aromatic rings. The van der Waals surface area contributed by atoms with Crippen molar-refractivity contribution >= 4 is 26.7 Å². The van der Waals surface area contributed by atoms with Gasteiger partial charge >= 0.3 is 5.63 Å². The number of hydrogen-bond donors (Lipinski definition) is 0. The first kappa shape index (κ1) is 14.8. The number of carbonyl (C=O) groups is 1. The predicted molar refractivity (Wildman–Crippen MR) is 81.6 cm³/mol. The van der Waals surface area contributed by atoms with E-state index in [9.17, 15) is 18.0 Å². The summed E-state index contributed by atoms with van der Waals surface area (Å²) in [5.74, 6) is -0.481. The fourth-order valence-electron chi connectivity index (χ4n) is 2.64. The van der Waals surface area contributed by atoms with E-state index in [4.69, 9.17) is 4.42 Å². The van der Waals surface area contributed by atoms with Crippen molar-refractivity contribution in [1.29, 1.82) is 0 Å². The molecule has 0 bridgehead atoms. The summed E-state index contributed by atoms with van der Waals surface area (Å²) in [6.45, 7) is 0.437. The van der Waals surface area contributed by atoms with Crippen molar-refractivity contribution in [3.8, 4) is 0 Å². The maximum Gasteiger partial charge on any atom is 0.349 e. The molecule has 1 aliphatic rings. The van der Waals surface area contributed by atoms with Gasteiger partial charge in [0, 0.05) is 24.7 Å². The Morgan fingerprint density at radius 1 is 1.32 bits per heavy atom. The molecule has 116 valence electrons. The second-order valence-electron chi connectivity index (χ2n) is 5.48. The van der Waals surface area contributed by atoms with Gasteiger partial charge < -0.3 is 9.32 Å². The SMILES string of the molecule is CS(=O)(=O)C1CCN(C(=O)c2cc3ccccc3oc2=O)C1. The van der Waals surface area contributed by atoms with Crippen molar-refractivity contribution in [2.75, 3.05) is 19.3 Å². The fourth-order valence-corrected chi connectivity index (χ4v) is 3.63. The van der Waals surface area contributed by atoms with Crippen LogP contribution in [-0.2, 0) is 9.84 Å². The minimum Gasteiger partial charge on any atom is -0.422 e. The first-order valence-corrected chi connectivity index (χ1v) is 8.83. The Balaban J connectivity index is 1.93. The van der Waals surface area contributed by atoms with Gasteiger partial charge in [-0.05, 0) is 18.6 Å². The van der Waals surface area contributed by atoms with E-state index < -0.39 is 26.6 Å². The smallest absolute Gasteiger partial charge is 0.349 e. The van der Waals surface area contributed by atoms with Gasteiger partial charge in [-0.25, -0.2) is 13.2 Å². The molecule has 0 radical (unpaired) electrons. The van der Waals surface area contributed by atoms with Crippen LogP contribution in [0, 0.1) is 0 Å². The Hall–Kier alpha value is -2.15. The molecule has 0 spiro atoms. The lowest BCUT2D eigenvalue weighted by Crippen LogP contribution is -2.34. The number of nitrogens with zero attached hydrogens (tertiary/aromatic N) is 1. The number of fused-ring (bicyclic) bond motifs is 1. The minimum absolute atomic E-state index is 0.0622. The summed E-state index contributed by atoms with van der Waals surface area (Å²) in [5, 5.41) is 0.0910.